The average Bonchev–Trinajstić information content (AvgIpc) is 2.67. The van der Waals surface area contributed by atoms with Crippen molar-refractivity contribution in [3.63, 3.8) is 0 Å². The van der Waals surface area contributed by atoms with Gasteiger partial charge in [-0.3, -0.25) is 4.79 Å². The fourth-order valence-corrected chi connectivity index (χ4v) is 2.72. The molecule has 5 heteroatoms. The highest BCUT2D eigenvalue weighted by Crippen LogP contribution is 2.16. The van der Waals surface area contributed by atoms with Crippen molar-refractivity contribution in [1.82, 2.24) is 5.32 Å². The van der Waals surface area contributed by atoms with E-state index in [1.54, 1.807) is 0 Å². The van der Waals surface area contributed by atoms with Gasteiger partial charge in [-0.2, -0.15) is 0 Å². The first-order valence-electron chi connectivity index (χ1n) is 9.11. The van der Waals surface area contributed by atoms with Crippen LogP contribution in [0.2, 0.25) is 0 Å². The van der Waals surface area contributed by atoms with Gasteiger partial charge >= 0.3 is 0 Å². The molecule has 0 heterocycles. The Kier molecular flexibility index (Phi) is 7.45. The summed E-state index contributed by atoms with van der Waals surface area (Å²) in [5.41, 5.74) is 2.21. The highest BCUT2D eigenvalue weighted by Gasteiger charge is 2.18. The van der Waals surface area contributed by atoms with Crippen molar-refractivity contribution in [2.75, 3.05) is 18.0 Å². The zero-order chi connectivity index (χ0) is 18.9. The van der Waals surface area contributed by atoms with Gasteiger partial charge in [-0.15, -0.1) is 0 Å². The molecule has 2 aromatic carbocycles. The summed E-state index contributed by atoms with van der Waals surface area (Å²) in [7, 11) is 0. The van der Waals surface area contributed by atoms with Crippen LogP contribution in [0.5, 0.6) is 5.75 Å². The number of carbonyl (C=O) groups excluding carboxylic acids is 1. The first-order chi connectivity index (χ1) is 12.6. The van der Waals surface area contributed by atoms with Crippen molar-refractivity contribution in [3.8, 4) is 5.75 Å². The summed E-state index contributed by atoms with van der Waals surface area (Å²) in [6, 6.07) is 13.9. The third kappa shape index (κ3) is 5.48. The van der Waals surface area contributed by atoms with Crippen molar-refractivity contribution in [1.29, 1.82) is 0 Å². The molecule has 1 unspecified atom stereocenters. The van der Waals surface area contributed by atoms with E-state index in [2.05, 4.69) is 36.2 Å². The molecular weight excluding hydrogens is 331 g/mol. The van der Waals surface area contributed by atoms with E-state index in [-0.39, 0.29) is 11.7 Å². The smallest absolute Gasteiger partial charge is 0.261 e. The molecule has 0 fully saturated rings. The molecule has 140 valence electrons. The molecule has 0 saturated heterocycles. The molecule has 0 radical (unpaired) electrons. The Morgan fingerprint density at radius 2 is 1.65 bits per heavy atom. The predicted octanol–water partition coefficient (Wildman–Crippen LogP) is 4.15. The third-order valence-electron chi connectivity index (χ3n) is 4.29. The largest absolute Gasteiger partial charge is 0.481 e. The fourth-order valence-electron chi connectivity index (χ4n) is 2.72. The minimum absolute atomic E-state index is 0.176. The number of rotatable bonds is 9. The van der Waals surface area contributed by atoms with E-state index >= 15 is 0 Å². The highest BCUT2D eigenvalue weighted by atomic mass is 19.1. The van der Waals surface area contributed by atoms with Crippen molar-refractivity contribution in [3.05, 3.63) is 59.9 Å². The predicted molar refractivity (Wildman–Crippen MR) is 103 cm³/mol. The maximum atomic E-state index is 13.0. The van der Waals surface area contributed by atoms with Crippen LogP contribution in [0.1, 0.15) is 32.8 Å². The van der Waals surface area contributed by atoms with Gasteiger partial charge in [-0.25, -0.2) is 4.39 Å². The summed E-state index contributed by atoms with van der Waals surface area (Å²) >= 11 is 0. The lowest BCUT2D eigenvalue weighted by Gasteiger charge is -2.21. The van der Waals surface area contributed by atoms with E-state index in [0.29, 0.717) is 18.7 Å². The summed E-state index contributed by atoms with van der Waals surface area (Å²) in [4.78, 5) is 14.6. The molecule has 2 aromatic rings. The Morgan fingerprint density at radius 1 is 1.04 bits per heavy atom. The molecule has 2 rings (SSSR count). The van der Waals surface area contributed by atoms with Gasteiger partial charge < -0.3 is 15.0 Å². The van der Waals surface area contributed by atoms with E-state index in [0.717, 1.165) is 18.7 Å². The number of benzene rings is 2. The molecule has 1 atom stereocenters. The molecule has 26 heavy (non-hydrogen) atoms. The van der Waals surface area contributed by atoms with Crippen LogP contribution in [0, 0.1) is 5.82 Å². The van der Waals surface area contributed by atoms with Gasteiger partial charge in [-0.05, 0) is 62.2 Å². The summed E-state index contributed by atoms with van der Waals surface area (Å²) in [5.74, 6) is -0.0235. The summed E-state index contributed by atoms with van der Waals surface area (Å²) in [6.45, 7) is 8.51. The second kappa shape index (κ2) is 9.80. The van der Waals surface area contributed by atoms with Crippen molar-refractivity contribution >= 4 is 11.6 Å². The Labute approximate surface area is 155 Å². The van der Waals surface area contributed by atoms with Gasteiger partial charge in [0.15, 0.2) is 6.10 Å². The first kappa shape index (κ1) is 19.8. The summed E-state index contributed by atoms with van der Waals surface area (Å²) in [6.07, 6.45) is -0.0696. The Hall–Kier alpha value is -2.56. The first-order valence-corrected chi connectivity index (χ1v) is 9.11. The fraction of sp³-hybridized carbons (Fsp3) is 0.381. The molecular formula is C21H27FN2O2. The normalized spacial score (nSPS) is 11.7. The SMILES string of the molecule is CCC(Oc1ccc(F)cc1)C(=O)NCc1ccc(N(CC)CC)cc1. The molecule has 1 N–H and O–H groups in total. The Bertz CT molecular complexity index is 682. The van der Waals surface area contributed by atoms with Crippen LogP contribution in [0.15, 0.2) is 48.5 Å². The Morgan fingerprint density at radius 3 is 2.19 bits per heavy atom. The molecule has 0 aliphatic carbocycles. The van der Waals surface area contributed by atoms with Gasteiger partial charge in [0.2, 0.25) is 0 Å². The topological polar surface area (TPSA) is 41.6 Å². The van der Waals surface area contributed by atoms with Crippen molar-refractivity contribution < 1.29 is 13.9 Å². The lowest BCUT2D eigenvalue weighted by Crippen LogP contribution is -2.37. The lowest BCUT2D eigenvalue weighted by molar-refractivity contribution is -0.128. The monoisotopic (exact) mass is 358 g/mol. The van der Waals surface area contributed by atoms with Gasteiger partial charge in [0.1, 0.15) is 11.6 Å². The number of anilines is 1. The lowest BCUT2D eigenvalue weighted by atomic mass is 10.2. The number of nitrogens with one attached hydrogen (secondary N) is 1. The zero-order valence-electron chi connectivity index (χ0n) is 15.7. The number of carbonyl (C=O) groups is 1. The minimum Gasteiger partial charge on any atom is -0.481 e. The summed E-state index contributed by atoms with van der Waals surface area (Å²) in [5, 5.41) is 2.91. The maximum Gasteiger partial charge on any atom is 0.261 e. The Balaban J connectivity index is 1.90. The van der Waals surface area contributed by atoms with E-state index in [9.17, 15) is 9.18 Å². The molecule has 0 aliphatic rings. The maximum absolute atomic E-state index is 13.0. The van der Waals surface area contributed by atoms with Crippen LogP contribution in [0.3, 0.4) is 0 Å². The van der Waals surface area contributed by atoms with Crippen LogP contribution >= 0.6 is 0 Å². The quantitative estimate of drug-likeness (QED) is 0.732. The second-order valence-electron chi connectivity index (χ2n) is 6.03. The summed E-state index contributed by atoms with van der Waals surface area (Å²) < 4.78 is 18.6. The molecule has 4 nitrogen and oxygen atoms in total. The van der Waals surface area contributed by atoms with Gasteiger partial charge in [0, 0.05) is 25.3 Å². The van der Waals surface area contributed by atoms with Gasteiger partial charge in [0.05, 0.1) is 0 Å². The molecule has 0 bridgehead atoms. The van der Waals surface area contributed by atoms with Gasteiger partial charge in [0.25, 0.3) is 5.91 Å². The van der Waals surface area contributed by atoms with Crippen LogP contribution in [-0.4, -0.2) is 25.1 Å². The van der Waals surface area contributed by atoms with E-state index in [4.69, 9.17) is 4.74 Å². The van der Waals surface area contributed by atoms with E-state index in [1.165, 1.54) is 30.0 Å². The van der Waals surface area contributed by atoms with Crippen LogP contribution in [-0.2, 0) is 11.3 Å². The number of nitrogens with zero attached hydrogens (tertiary/aromatic N) is 1. The molecule has 0 spiro atoms. The van der Waals surface area contributed by atoms with E-state index in [1.807, 2.05) is 19.1 Å². The number of hydrogen-bond acceptors (Lipinski definition) is 3. The minimum atomic E-state index is -0.601. The average molecular weight is 358 g/mol. The molecule has 0 aliphatic heterocycles. The molecule has 1 amide bonds. The number of ether oxygens (including phenoxy) is 1. The zero-order valence-corrected chi connectivity index (χ0v) is 15.7. The van der Waals surface area contributed by atoms with Gasteiger partial charge in [-0.1, -0.05) is 19.1 Å². The standard InChI is InChI=1S/C21H27FN2O2/c1-4-20(26-19-13-9-17(22)10-14-19)21(25)23-15-16-7-11-18(12-8-16)24(5-2)6-3/h7-14,20H,4-6,15H2,1-3H3,(H,23,25). The van der Waals surface area contributed by atoms with E-state index < -0.39 is 6.10 Å². The number of amides is 1. The second-order valence-corrected chi connectivity index (χ2v) is 6.03. The van der Waals surface area contributed by atoms with Crippen molar-refractivity contribution in [2.24, 2.45) is 0 Å². The van der Waals surface area contributed by atoms with Crippen LogP contribution < -0.4 is 15.0 Å². The van der Waals surface area contributed by atoms with Crippen molar-refractivity contribution in [2.45, 2.75) is 39.8 Å². The molecule has 0 aromatic heterocycles. The molecule has 0 saturated carbocycles. The number of halogens is 1. The van der Waals surface area contributed by atoms with Crippen LogP contribution in [0.4, 0.5) is 10.1 Å². The van der Waals surface area contributed by atoms with Crippen LogP contribution in [0.25, 0.3) is 0 Å². The highest BCUT2D eigenvalue weighted by molar-refractivity contribution is 5.81. The third-order valence-corrected chi connectivity index (χ3v) is 4.29. The number of hydrogen-bond donors (Lipinski definition) is 1.